The van der Waals surface area contributed by atoms with Crippen LogP contribution in [-0.4, -0.2) is 11.7 Å². The van der Waals surface area contributed by atoms with Gasteiger partial charge in [0.2, 0.25) is 0 Å². The number of nitrogens with two attached hydrogens (primary N) is 1. The van der Waals surface area contributed by atoms with Crippen molar-refractivity contribution in [3.05, 3.63) is 29.3 Å². The lowest BCUT2D eigenvalue weighted by Gasteiger charge is -2.31. The van der Waals surface area contributed by atoms with Gasteiger partial charge in [-0.1, -0.05) is 32.9 Å². The molecule has 1 aromatic carbocycles. The number of hydrogen-bond acceptors (Lipinski definition) is 2. The Labute approximate surface area is 98.5 Å². The molecule has 0 spiro atoms. The zero-order valence-electron chi connectivity index (χ0n) is 10.7. The van der Waals surface area contributed by atoms with Crippen molar-refractivity contribution in [3.63, 3.8) is 0 Å². The van der Waals surface area contributed by atoms with Gasteiger partial charge in [0.25, 0.3) is 0 Å². The molecule has 1 aromatic rings. The molecule has 0 bridgehead atoms. The summed E-state index contributed by atoms with van der Waals surface area (Å²) in [6, 6.07) is 5.86. The summed E-state index contributed by atoms with van der Waals surface area (Å²) < 4.78 is 0. The summed E-state index contributed by atoms with van der Waals surface area (Å²) in [6.07, 6.45) is 0.980. The van der Waals surface area contributed by atoms with Crippen molar-refractivity contribution < 1.29 is 5.11 Å². The van der Waals surface area contributed by atoms with Crippen molar-refractivity contribution in [3.8, 4) is 5.75 Å². The SMILES string of the molecule is Cc1cc(C(CCN)C(C)(C)C)ccc1O. The fraction of sp³-hybridized carbons (Fsp3) is 0.571. The van der Waals surface area contributed by atoms with Crippen molar-refractivity contribution >= 4 is 0 Å². The number of aromatic hydroxyl groups is 1. The van der Waals surface area contributed by atoms with Gasteiger partial charge < -0.3 is 10.8 Å². The predicted molar refractivity (Wildman–Crippen MR) is 68.7 cm³/mol. The molecule has 0 fully saturated rings. The van der Waals surface area contributed by atoms with Crippen LogP contribution < -0.4 is 5.73 Å². The van der Waals surface area contributed by atoms with Crippen LogP contribution in [0.1, 0.15) is 44.2 Å². The first kappa shape index (κ1) is 13.0. The minimum atomic E-state index is 0.197. The Balaban J connectivity index is 3.06. The van der Waals surface area contributed by atoms with Crippen molar-refractivity contribution in [2.24, 2.45) is 11.1 Å². The van der Waals surface area contributed by atoms with Gasteiger partial charge >= 0.3 is 0 Å². The van der Waals surface area contributed by atoms with E-state index in [1.54, 1.807) is 6.07 Å². The first-order chi connectivity index (χ1) is 7.36. The highest BCUT2D eigenvalue weighted by Crippen LogP contribution is 2.38. The quantitative estimate of drug-likeness (QED) is 0.823. The van der Waals surface area contributed by atoms with Crippen LogP contribution >= 0.6 is 0 Å². The third-order valence-corrected chi connectivity index (χ3v) is 3.12. The first-order valence-corrected chi connectivity index (χ1v) is 5.86. The predicted octanol–water partition coefficient (Wildman–Crippen LogP) is 3.18. The molecule has 3 N–H and O–H groups in total. The van der Waals surface area contributed by atoms with Gasteiger partial charge in [-0.15, -0.1) is 0 Å². The third kappa shape index (κ3) is 2.99. The van der Waals surface area contributed by atoms with Crippen LogP contribution in [0.5, 0.6) is 5.75 Å². The fourth-order valence-electron chi connectivity index (χ4n) is 2.16. The van der Waals surface area contributed by atoms with E-state index < -0.39 is 0 Å². The Kier molecular flexibility index (Phi) is 3.98. The van der Waals surface area contributed by atoms with Crippen molar-refractivity contribution in [2.75, 3.05) is 6.54 Å². The number of rotatable bonds is 3. The summed E-state index contributed by atoms with van der Waals surface area (Å²) >= 11 is 0. The number of phenolic OH excluding ortho intramolecular Hbond substituents is 1. The van der Waals surface area contributed by atoms with E-state index in [1.165, 1.54) is 5.56 Å². The van der Waals surface area contributed by atoms with Gasteiger partial charge in [-0.3, -0.25) is 0 Å². The molecule has 1 rings (SSSR count). The van der Waals surface area contributed by atoms with Gasteiger partial charge in [-0.05, 0) is 48.4 Å². The summed E-state index contributed by atoms with van der Waals surface area (Å²) in [7, 11) is 0. The summed E-state index contributed by atoms with van der Waals surface area (Å²) in [4.78, 5) is 0. The number of aryl methyl sites for hydroxylation is 1. The maximum Gasteiger partial charge on any atom is 0.118 e. The fourth-order valence-corrected chi connectivity index (χ4v) is 2.16. The summed E-state index contributed by atoms with van der Waals surface area (Å²) in [5.74, 6) is 0.806. The summed E-state index contributed by atoms with van der Waals surface area (Å²) in [5.41, 5.74) is 8.08. The van der Waals surface area contributed by atoms with Crippen LogP contribution in [0.4, 0.5) is 0 Å². The molecule has 0 heterocycles. The van der Waals surface area contributed by atoms with Crippen LogP contribution in [0.3, 0.4) is 0 Å². The first-order valence-electron chi connectivity index (χ1n) is 5.86. The third-order valence-electron chi connectivity index (χ3n) is 3.12. The molecule has 0 saturated carbocycles. The van der Waals surface area contributed by atoms with Gasteiger partial charge in [0, 0.05) is 0 Å². The van der Waals surface area contributed by atoms with Crippen LogP contribution in [-0.2, 0) is 0 Å². The summed E-state index contributed by atoms with van der Waals surface area (Å²) in [6.45, 7) is 9.32. The van der Waals surface area contributed by atoms with E-state index in [-0.39, 0.29) is 5.41 Å². The van der Waals surface area contributed by atoms with Crippen molar-refractivity contribution in [1.82, 2.24) is 0 Å². The molecular weight excluding hydrogens is 198 g/mol. The van der Waals surface area contributed by atoms with Crippen molar-refractivity contribution in [1.29, 1.82) is 0 Å². The molecule has 0 aliphatic heterocycles. The maximum absolute atomic E-state index is 9.53. The van der Waals surface area contributed by atoms with E-state index in [2.05, 4.69) is 26.8 Å². The van der Waals surface area contributed by atoms with Gasteiger partial charge in [0.15, 0.2) is 0 Å². The van der Waals surface area contributed by atoms with Gasteiger partial charge in [-0.25, -0.2) is 0 Å². The molecule has 0 aliphatic carbocycles. The molecule has 0 aromatic heterocycles. The van der Waals surface area contributed by atoms with E-state index in [9.17, 15) is 5.11 Å². The number of hydrogen-bond donors (Lipinski definition) is 2. The molecule has 90 valence electrons. The number of phenols is 1. The molecule has 1 atom stereocenters. The lowest BCUT2D eigenvalue weighted by Crippen LogP contribution is -2.21. The lowest BCUT2D eigenvalue weighted by atomic mass is 9.74. The van der Waals surface area contributed by atoms with Gasteiger partial charge in [-0.2, -0.15) is 0 Å². The van der Waals surface area contributed by atoms with Gasteiger partial charge in [0.1, 0.15) is 5.75 Å². The van der Waals surface area contributed by atoms with E-state index in [4.69, 9.17) is 5.73 Å². The zero-order chi connectivity index (χ0) is 12.3. The molecule has 2 heteroatoms. The average molecular weight is 221 g/mol. The van der Waals surface area contributed by atoms with Crippen molar-refractivity contribution in [2.45, 2.75) is 40.0 Å². The Morgan fingerprint density at radius 1 is 1.31 bits per heavy atom. The molecule has 0 amide bonds. The molecule has 0 aliphatic rings. The Morgan fingerprint density at radius 3 is 2.38 bits per heavy atom. The zero-order valence-corrected chi connectivity index (χ0v) is 10.7. The molecular formula is C14H23NO. The Bertz CT molecular complexity index is 352. The lowest BCUT2D eigenvalue weighted by molar-refractivity contribution is 0.307. The van der Waals surface area contributed by atoms with Crippen LogP contribution in [0.25, 0.3) is 0 Å². The molecule has 2 nitrogen and oxygen atoms in total. The highest BCUT2D eigenvalue weighted by Gasteiger charge is 2.25. The van der Waals surface area contributed by atoms with E-state index in [0.717, 1.165) is 12.0 Å². The second kappa shape index (κ2) is 4.88. The second-order valence-electron chi connectivity index (χ2n) is 5.54. The molecule has 0 saturated heterocycles. The topological polar surface area (TPSA) is 46.2 Å². The normalized spacial score (nSPS) is 13.8. The smallest absolute Gasteiger partial charge is 0.118 e. The van der Waals surface area contributed by atoms with Crippen LogP contribution in [0.15, 0.2) is 18.2 Å². The monoisotopic (exact) mass is 221 g/mol. The van der Waals surface area contributed by atoms with Crippen LogP contribution in [0, 0.1) is 12.3 Å². The molecule has 1 unspecified atom stereocenters. The van der Waals surface area contributed by atoms with E-state index in [1.807, 2.05) is 13.0 Å². The standard InChI is InChI=1S/C14H23NO/c1-10-9-11(5-6-13(10)16)12(7-8-15)14(2,3)4/h5-6,9,12,16H,7-8,15H2,1-4H3. The Morgan fingerprint density at radius 2 is 1.94 bits per heavy atom. The molecule has 0 radical (unpaired) electrons. The maximum atomic E-state index is 9.53. The highest BCUT2D eigenvalue weighted by molar-refractivity contribution is 5.37. The summed E-state index contributed by atoms with van der Waals surface area (Å²) in [5, 5.41) is 9.53. The largest absolute Gasteiger partial charge is 0.508 e. The minimum Gasteiger partial charge on any atom is -0.508 e. The Hall–Kier alpha value is -1.02. The van der Waals surface area contributed by atoms with E-state index in [0.29, 0.717) is 18.2 Å². The van der Waals surface area contributed by atoms with E-state index >= 15 is 0 Å². The van der Waals surface area contributed by atoms with Crippen LogP contribution in [0.2, 0.25) is 0 Å². The minimum absolute atomic E-state index is 0.197. The van der Waals surface area contributed by atoms with Gasteiger partial charge in [0.05, 0.1) is 0 Å². The highest BCUT2D eigenvalue weighted by atomic mass is 16.3. The second-order valence-corrected chi connectivity index (χ2v) is 5.54. The molecule has 16 heavy (non-hydrogen) atoms. The average Bonchev–Trinajstić information content (AvgIpc) is 2.17. The number of benzene rings is 1.